The van der Waals surface area contributed by atoms with Gasteiger partial charge in [0.05, 0.1) is 6.04 Å². The Morgan fingerprint density at radius 3 is 3.21 bits per heavy atom. The van der Waals surface area contributed by atoms with Crippen LogP contribution in [0, 0.1) is 0 Å². The highest BCUT2D eigenvalue weighted by molar-refractivity contribution is 4.95. The van der Waals surface area contributed by atoms with Crippen molar-refractivity contribution in [3.63, 3.8) is 0 Å². The molecule has 0 spiro atoms. The van der Waals surface area contributed by atoms with Gasteiger partial charge in [0.2, 0.25) is 0 Å². The molecule has 1 aromatic rings. The van der Waals surface area contributed by atoms with Crippen molar-refractivity contribution in [1.82, 2.24) is 15.5 Å². The zero-order valence-corrected chi connectivity index (χ0v) is 8.32. The Hall–Kier alpha value is -0.940. The van der Waals surface area contributed by atoms with Crippen LogP contribution in [0.4, 0.5) is 0 Å². The van der Waals surface area contributed by atoms with Gasteiger partial charge in [0, 0.05) is 7.11 Å². The molecule has 1 saturated heterocycles. The fraction of sp³-hybridized carbons (Fsp3) is 0.778. The van der Waals surface area contributed by atoms with Crippen LogP contribution in [0.25, 0.3) is 0 Å². The van der Waals surface area contributed by atoms with Crippen molar-refractivity contribution in [3.8, 4) is 0 Å². The molecule has 1 atom stereocenters. The van der Waals surface area contributed by atoms with Crippen molar-refractivity contribution in [2.75, 3.05) is 13.7 Å². The van der Waals surface area contributed by atoms with E-state index in [9.17, 15) is 0 Å². The van der Waals surface area contributed by atoms with E-state index in [1.165, 1.54) is 12.8 Å². The number of methoxy groups -OCH3 is 1. The smallest absolute Gasteiger partial charge is 0.252 e. The molecular weight excluding hydrogens is 182 g/mol. The molecule has 0 bridgehead atoms. The first-order valence-corrected chi connectivity index (χ1v) is 4.95. The van der Waals surface area contributed by atoms with E-state index in [-0.39, 0.29) is 6.04 Å². The van der Waals surface area contributed by atoms with E-state index in [0.29, 0.717) is 12.5 Å². The van der Waals surface area contributed by atoms with Crippen LogP contribution in [-0.2, 0) is 11.3 Å². The van der Waals surface area contributed by atoms with Crippen molar-refractivity contribution in [2.24, 2.45) is 0 Å². The highest BCUT2D eigenvalue weighted by Crippen LogP contribution is 2.20. The van der Waals surface area contributed by atoms with Gasteiger partial charge in [-0.2, -0.15) is 4.98 Å². The fourth-order valence-corrected chi connectivity index (χ4v) is 1.66. The molecule has 0 aliphatic carbocycles. The van der Waals surface area contributed by atoms with Gasteiger partial charge in [-0.05, 0) is 19.4 Å². The van der Waals surface area contributed by atoms with Crippen molar-refractivity contribution < 1.29 is 9.26 Å². The lowest BCUT2D eigenvalue weighted by molar-refractivity contribution is 0.151. The van der Waals surface area contributed by atoms with Crippen LogP contribution >= 0.6 is 0 Å². The predicted octanol–water partition coefficient (Wildman–Crippen LogP) is 1.03. The molecule has 1 fully saturated rings. The number of hydrogen-bond donors (Lipinski definition) is 1. The number of rotatable bonds is 3. The Balaban J connectivity index is 2.00. The lowest BCUT2D eigenvalue weighted by Crippen LogP contribution is -2.27. The molecule has 0 saturated carbocycles. The largest absolute Gasteiger partial charge is 0.375 e. The molecule has 1 N–H and O–H groups in total. The second-order valence-corrected chi connectivity index (χ2v) is 3.48. The van der Waals surface area contributed by atoms with Gasteiger partial charge in [0.1, 0.15) is 6.61 Å². The lowest BCUT2D eigenvalue weighted by Gasteiger charge is -2.19. The zero-order chi connectivity index (χ0) is 9.80. The van der Waals surface area contributed by atoms with Gasteiger partial charge < -0.3 is 14.6 Å². The molecular formula is C9H15N3O2. The molecule has 0 amide bonds. The maximum absolute atomic E-state index is 5.03. The molecule has 0 unspecified atom stereocenters. The van der Waals surface area contributed by atoms with Gasteiger partial charge in [-0.1, -0.05) is 11.6 Å². The summed E-state index contributed by atoms with van der Waals surface area (Å²) in [4.78, 5) is 4.26. The molecule has 1 aliphatic rings. The molecule has 14 heavy (non-hydrogen) atoms. The van der Waals surface area contributed by atoms with Gasteiger partial charge in [0.25, 0.3) is 5.89 Å². The van der Waals surface area contributed by atoms with Crippen LogP contribution in [0.2, 0.25) is 0 Å². The first-order chi connectivity index (χ1) is 6.90. The van der Waals surface area contributed by atoms with E-state index in [4.69, 9.17) is 9.26 Å². The zero-order valence-electron chi connectivity index (χ0n) is 8.32. The molecule has 2 heterocycles. The van der Waals surface area contributed by atoms with Crippen molar-refractivity contribution >= 4 is 0 Å². The molecule has 5 heteroatoms. The van der Waals surface area contributed by atoms with E-state index in [1.54, 1.807) is 7.11 Å². The predicted molar refractivity (Wildman–Crippen MR) is 49.6 cm³/mol. The topological polar surface area (TPSA) is 60.2 Å². The molecule has 0 aromatic carbocycles. The minimum Gasteiger partial charge on any atom is -0.375 e. The Labute approximate surface area is 82.8 Å². The van der Waals surface area contributed by atoms with E-state index in [1.807, 2.05) is 0 Å². The van der Waals surface area contributed by atoms with E-state index >= 15 is 0 Å². The summed E-state index contributed by atoms with van der Waals surface area (Å²) < 4.78 is 9.94. The summed E-state index contributed by atoms with van der Waals surface area (Å²) in [6.45, 7) is 1.43. The summed E-state index contributed by atoms with van der Waals surface area (Å²) in [5.41, 5.74) is 0. The first-order valence-electron chi connectivity index (χ1n) is 4.95. The summed E-state index contributed by atoms with van der Waals surface area (Å²) in [5.74, 6) is 1.31. The number of nitrogens with zero attached hydrogens (tertiary/aromatic N) is 2. The third-order valence-corrected chi connectivity index (χ3v) is 2.37. The summed E-state index contributed by atoms with van der Waals surface area (Å²) >= 11 is 0. The second-order valence-electron chi connectivity index (χ2n) is 3.48. The Kier molecular flexibility index (Phi) is 3.10. The Morgan fingerprint density at radius 1 is 1.57 bits per heavy atom. The summed E-state index contributed by atoms with van der Waals surface area (Å²) in [5, 5.41) is 7.29. The SMILES string of the molecule is COCc1nc([C@@H]2CCCCN2)no1. The second kappa shape index (κ2) is 4.52. The maximum atomic E-state index is 5.03. The summed E-state index contributed by atoms with van der Waals surface area (Å²) in [6.07, 6.45) is 3.55. The van der Waals surface area contributed by atoms with Crippen LogP contribution in [-0.4, -0.2) is 23.8 Å². The van der Waals surface area contributed by atoms with E-state index in [0.717, 1.165) is 18.8 Å². The van der Waals surface area contributed by atoms with Gasteiger partial charge in [-0.15, -0.1) is 0 Å². The Morgan fingerprint density at radius 2 is 2.50 bits per heavy atom. The Bertz CT molecular complexity index is 281. The van der Waals surface area contributed by atoms with Crippen molar-refractivity contribution in [2.45, 2.75) is 31.9 Å². The number of piperidine rings is 1. The van der Waals surface area contributed by atoms with Gasteiger partial charge >= 0.3 is 0 Å². The molecule has 2 rings (SSSR count). The summed E-state index contributed by atoms with van der Waals surface area (Å²) in [6, 6.07) is 0.262. The fourth-order valence-electron chi connectivity index (χ4n) is 1.66. The van der Waals surface area contributed by atoms with Crippen molar-refractivity contribution in [1.29, 1.82) is 0 Å². The third-order valence-electron chi connectivity index (χ3n) is 2.37. The maximum Gasteiger partial charge on any atom is 0.252 e. The normalized spacial score (nSPS) is 22.5. The number of ether oxygens (including phenoxy) is 1. The number of hydrogen-bond acceptors (Lipinski definition) is 5. The van der Waals surface area contributed by atoms with Crippen LogP contribution in [0.3, 0.4) is 0 Å². The van der Waals surface area contributed by atoms with E-state index < -0.39 is 0 Å². The molecule has 1 aromatic heterocycles. The molecule has 0 radical (unpaired) electrons. The highest BCUT2D eigenvalue weighted by Gasteiger charge is 2.19. The van der Waals surface area contributed by atoms with Crippen LogP contribution < -0.4 is 5.32 Å². The lowest BCUT2D eigenvalue weighted by atomic mass is 10.0. The van der Waals surface area contributed by atoms with Crippen LogP contribution in [0.15, 0.2) is 4.52 Å². The van der Waals surface area contributed by atoms with Gasteiger partial charge in [0.15, 0.2) is 5.82 Å². The quantitative estimate of drug-likeness (QED) is 0.784. The molecule has 1 aliphatic heterocycles. The minimum atomic E-state index is 0.262. The molecule has 5 nitrogen and oxygen atoms in total. The monoisotopic (exact) mass is 197 g/mol. The van der Waals surface area contributed by atoms with Crippen LogP contribution in [0.5, 0.6) is 0 Å². The number of nitrogens with one attached hydrogen (secondary N) is 1. The van der Waals surface area contributed by atoms with Crippen molar-refractivity contribution in [3.05, 3.63) is 11.7 Å². The number of aromatic nitrogens is 2. The van der Waals surface area contributed by atoms with Gasteiger partial charge in [-0.25, -0.2) is 0 Å². The third kappa shape index (κ3) is 2.10. The van der Waals surface area contributed by atoms with E-state index in [2.05, 4.69) is 15.5 Å². The summed E-state index contributed by atoms with van der Waals surface area (Å²) in [7, 11) is 1.61. The average molecular weight is 197 g/mol. The van der Waals surface area contributed by atoms with Gasteiger partial charge in [-0.3, -0.25) is 0 Å². The minimum absolute atomic E-state index is 0.262. The average Bonchev–Trinajstić information content (AvgIpc) is 2.68. The molecule has 78 valence electrons. The highest BCUT2D eigenvalue weighted by atomic mass is 16.5. The first kappa shape index (κ1) is 9.61. The van der Waals surface area contributed by atoms with Crippen LogP contribution in [0.1, 0.15) is 37.0 Å². The standard InChI is InChI=1S/C9H15N3O2/c1-13-6-8-11-9(12-14-8)7-4-2-3-5-10-7/h7,10H,2-6H2,1H3/t7-/m0/s1.